The average molecular weight is 315 g/mol. The van der Waals surface area contributed by atoms with E-state index in [9.17, 15) is 4.79 Å². The van der Waals surface area contributed by atoms with Crippen LogP contribution in [0.2, 0.25) is 0 Å². The molecule has 8 heteroatoms. The highest BCUT2D eigenvalue weighted by molar-refractivity contribution is 5.87. The molecule has 2 atom stereocenters. The highest BCUT2D eigenvalue weighted by Gasteiger charge is 2.32. The van der Waals surface area contributed by atoms with Gasteiger partial charge in [0.1, 0.15) is 5.75 Å². The maximum Gasteiger partial charge on any atom is 0.347 e. The smallest absolute Gasteiger partial charge is 0.347 e. The molecule has 3 rings (SSSR count). The van der Waals surface area contributed by atoms with Gasteiger partial charge in [-0.05, 0) is 24.6 Å². The lowest BCUT2D eigenvalue weighted by Gasteiger charge is -2.08. The standard InChI is InChI=1S/C15H17N5O3/c1-3-22-15(21)13-6-11-12(23-13)5-4-10-7-17-20(14(10)11)8-9(2)18-19-16/h4-5,7,9,13H,3,6,8H2,1-2H3/t9-,13?/m0/s1. The summed E-state index contributed by atoms with van der Waals surface area (Å²) in [5.74, 6) is 0.319. The zero-order valence-electron chi connectivity index (χ0n) is 13.0. The molecule has 1 aromatic carbocycles. The van der Waals surface area contributed by atoms with Gasteiger partial charge in [0.05, 0.1) is 24.4 Å². The fourth-order valence-corrected chi connectivity index (χ4v) is 2.80. The first-order valence-corrected chi connectivity index (χ1v) is 7.49. The van der Waals surface area contributed by atoms with Crippen molar-refractivity contribution in [3.05, 3.63) is 34.3 Å². The van der Waals surface area contributed by atoms with E-state index < -0.39 is 6.10 Å². The number of rotatable bonds is 5. The topological polar surface area (TPSA) is 102 Å². The maximum absolute atomic E-state index is 11.9. The van der Waals surface area contributed by atoms with Crippen molar-refractivity contribution < 1.29 is 14.3 Å². The van der Waals surface area contributed by atoms with Crippen molar-refractivity contribution in [2.24, 2.45) is 5.11 Å². The largest absolute Gasteiger partial charge is 0.478 e. The zero-order valence-corrected chi connectivity index (χ0v) is 13.0. The summed E-state index contributed by atoms with van der Waals surface area (Å²) < 4.78 is 12.5. The number of fused-ring (bicyclic) bond motifs is 3. The molecule has 2 heterocycles. The van der Waals surface area contributed by atoms with Crippen LogP contribution in [0.3, 0.4) is 0 Å². The number of azide groups is 1. The van der Waals surface area contributed by atoms with Crippen LogP contribution >= 0.6 is 0 Å². The van der Waals surface area contributed by atoms with E-state index in [0.717, 1.165) is 16.5 Å². The summed E-state index contributed by atoms with van der Waals surface area (Å²) in [6.45, 7) is 4.39. The molecule has 8 nitrogen and oxygen atoms in total. The molecule has 1 unspecified atom stereocenters. The monoisotopic (exact) mass is 315 g/mol. The third kappa shape index (κ3) is 2.80. The predicted molar refractivity (Wildman–Crippen MR) is 83.1 cm³/mol. The molecule has 0 N–H and O–H groups in total. The first kappa shape index (κ1) is 15.2. The number of carbonyl (C=O) groups excluding carboxylic acids is 1. The second kappa shape index (κ2) is 6.18. The number of nitrogens with zero attached hydrogens (tertiary/aromatic N) is 5. The Balaban J connectivity index is 1.95. The normalized spacial score (nSPS) is 17.2. The Kier molecular flexibility index (Phi) is 4.08. The van der Waals surface area contributed by atoms with E-state index >= 15 is 0 Å². The number of hydrogen-bond acceptors (Lipinski definition) is 5. The van der Waals surface area contributed by atoms with Crippen LogP contribution in [0.25, 0.3) is 21.3 Å². The molecule has 0 amide bonds. The Labute approximate surface area is 132 Å². The van der Waals surface area contributed by atoms with Crippen LogP contribution in [0, 0.1) is 0 Å². The maximum atomic E-state index is 11.9. The van der Waals surface area contributed by atoms with E-state index in [2.05, 4.69) is 15.1 Å². The van der Waals surface area contributed by atoms with Crippen molar-refractivity contribution in [3.63, 3.8) is 0 Å². The summed E-state index contributed by atoms with van der Waals surface area (Å²) in [6, 6.07) is 3.53. The Hall–Kier alpha value is -2.73. The van der Waals surface area contributed by atoms with Gasteiger partial charge in [-0.2, -0.15) is 5.10 Å². The molecule has 0 radical (unpaired) electrons. The van der Waals surface area contributed by atoms with Crippen LogP contribution in [0.5, 0.6) is 5.75 Å². The molecule has 0 spiro atoms. The van der Waals surface area contributed by atoms with Crippen molar-refractivity contribution in [3.8, 4) is 5.75 Å². The molecule has 0 aliphatic carbocycles. The molecule has 2 aromatic rings. The average Bonchev–Trinajstić information content (AvgIpc) is 3.11. The summed E-state index contributed by atoms with van der Waals surface area (Å²) in [7, 11) is 0. The minimum Gasteiger partial charge on any atom is -0.478 e. The van der Waals surface area contributed by atoms with Gasteiger partial charge in [-0.25, -0.2) is 4.79 Å². The van der Waals surface area contributed by atoms with E-state index in [0.29, 0.717) is 25.3 Å². The number of esters is 1. The fourth-order valence-electron chi connectivity index (χ4n) is 2.80. The van der Waals surface area contributed by atoms with E-state index in [1.54, 1.807) is 17.8 Å². The van der Waals surface area contributed by atoms with Crippen LogP contribution in [0.15, 0.2) is 23.4 Å². The van der Waals surface area contributed by atoms with Gasteiger partial charge in [0.15, 0.2) is 6.10 Å². The molecule has 0 saturated carbocycles. The molecule has 120 valence electrons. The first-order chi connectivity index (χ1) is 11.1. The predicted octanol–water partition coefficient (Wildman–Crippen LogP) is 2.60. The molecule has 0 fully saturated rings. The first-order valence-electron chi connectivity index (χ1n) is 7.49. The summed E-state index contributed by atoms with van der Waals surface area (Å²) in [5, 5.41) is 9.01. The SMILES string of the molecule is CCOC(=O)C1Cc2c(ccc3cnn(C[C@H](C)N=[N+]=[N-])c23)O1. The van der Waals surface area contributed by atoms with Crippen LogP contribution in [-0.4, -0.2) is 34.5 Å². The van der Waals surface area contributed by atoms with Gasteiger partial charge in [0.2, 0.25) is 0 Å². The Bertz CT molecular complexity index is 794. The lowest BCUT2D eigenvalue weighted by atomic mass is 10.1. The summed E-state index contributed by atoms with van der Waals surface area (Å²) in [6.07, 6.45) is 1.59. The van der Waals surface area contributed by atoms with Crippen LogP contribution in [0.1, 0.15) is 19.4 Å². The quantitative estimate of drug-likeness (QED) is 0.366. The number of hydrogen-bond donors (Lipinski definition) is 0. The van der Waals surface area contributed by atoms with Crippen molar-refractivity contribution in [2.45, 2.75) is 39.0 Å². The van der Waals surface area contributed by atoms with E-state index in [-0.39, 0.29) is 12.0 Å². The van der Waals surface area contributed by atoms with Gasteiger partial charge in [-0.1, -0.05) is 12.0 Å². The van der Waals surface area contributed by atoms with E-state index in [1.807, 2.05) is 19.1 Å². The van der Waals surface area contributed by atoms with Crippen LogP contribution in [0.4, 0.5) is 0 Å². The highest BCUT2D eigenvalue weighted by Crippen LogP contribution is 2.35. The Morgan fingerprint density at radius 3 is 3.22 bits per heavy atom. The molecular formula is C15H17N5O3. The third-order valence-corrected chi connectivity index (χ3v) is 3.76. The fraction of sp³-hybridized carbons (Fsp3) is 0.467. The van der Waals surface area contributed by atoms with Crippen LogP contribution < -0.4 is 4.74 Å². The Morgan fingerprint density at radius 1 is 1.65 bits per heavy atom. The summed E-state index contributed by atoms with van der Waals surface area (Å²) >= 11 is 0. The van der Waals surface area contributed by atoms with Gasteiger partial charge in [-0.15, -0.1) is 0 Å². The molecular weight excluding hydrogens is 298 g/mol. The minimum atomic E-state index is -0.617. The van der Waals surface area contributed by atoms with Crippen molar-refractivity contribution in [1.82, 2.24) is 9.78 Å². The van der Waals surface area contributed by atoms with Crippen LogP contribution in [-0.2, 0) is 22.5 Å². The summed E-state index contributed by atoms with van der Waals surface area (Å²) in [4.78, 5) is 14.7. The van der Waals surface area contributed by atoms with Gasteiger partial charge < -0.3 is 9.47 Å². The summed E-state index contributed by atoms with van der Waals surface area (Å²) in [5.41, 5.74) is 10.4. The molecule has 1 aromatic heterocycles. The third-order valence-electron chi connectivity index (χ3n) is 3.76. The van der Waals surface area contributed by atoms with E-state index in [1.165, 1.54) is 0 Å². The highest BCUT2D eigenvalue weighted by atomic mass is 16.6. The molecule has 23 heavy (non-hydrogen) atoms. The van der Waals surface area contributed by atoms with E-state index in [4.69, 9.17) is 15.0 Å². The molecule has 1 aliphatic rings. The Morgan fingerprint density at radius 2 is 2.48 bits per heavy atom. The number of aromatic nitrogens is 2. The van der Waals surface area contributed by atoms with Gasteiger partial charge in [0.25, 0.3) is 0 Å². The molecule has 1 aliphatic heterocycles. The molecule has 0 saturated heterocycles. The lowest BCUT2D eigenvalue weighted by molar-refractivity contribution is -0.150. The lowest BCUT2D eigenvalue weighted by Crippen LogP contribution is -2.27. The van der Waals surface area contributed by atoms with Gasteiger partial charge >= 0.3 is 5.97 Å². The second-order valence-corrected chi connectivity index (χ2v) is 5.42. The van der Waals surface area contributed by atoms with Gasteiger partial charge in [-0.3, -0.25) is 4.68 Å². The van der Waals surface area contributed by atoms with Crippen molar-refractivity contribution in [2.75, 3.05) is 6.61 Å². The number of benzene rings is 1. The van der Waals surface area contributed by atoms with Crippen molar-refractivity contribution in [1.29, 1.82) is 0 Å². The zero-order chi connectivity index (χ0) is 16.4. The molecule has 0 bridgehead atoms. The second-order valence-electron chi connectivity index (χ2n) is 5.42. The number of carbonyl (C=O) groups is 1. The minimum absolute atomic E-state index is 0.220. The van der Waals surface area contributed by atoms with Crippen molar-refractivity contribution >= 4 is 16.9 Å². The number of ether oxygens (including phenoxy) is 2. The van der Waals surface area contributed by atoms with Gasteiger partial charge in [0, 0.05) is 28.8 Å².